The molecule has 94 valence electrons. The molecule has 0 aliphatic heterocycles. The van der Waals surface area contributed by atoms with Crippen LogP contribution in [-0.4, -0.2) is 6.16 Å². The zero-order valence-corrected chi connectivity index (χ0v) is 11.5. The molecule has 0 N–H and O–H groups in total. The van der Waals surface area contributed by atoms with Crippen molar-refractivity contribution in [3.8, 4) is 5.75 Å². The summed E-state index contributed by atoms with van der Waals surface area (Å²) in [5.74, 6) is 0.545. The third-order valence-electron chi connectivity index (χ3n) is 2.50. The molecule has 0 aliphatic rings. The van der Waals surface area contributed by atoms with Crippen LogP contribution in [0.4, 0.5) is 0 Å². The Hall–Kier alpha value is -1.24. The number of aryl methyl sites for hydroxylation is 1. The van der Waals surface area contributed by atoms with Gasteiger partial charge in [0.15, 0.2) is 0 Å². The van der Waals surface area contributed by atoms with Crippen LogP contribution in [0.5, 0.6) is 5.75 Å². The zero-order chi connectivity index (χ0) is 12.8. The molecule has 1 atom stereocenters. The summed E-state index contributed by atoms with van der Waals surface area (Å²) in [6.07, 6.45) is 0.974. The monoisotopic (exact) mass is 280 g/mol. The summed E-state index contributed by atoms with van der Waals surface area (Å²) in [7, 11) is 0. The maximum Gasteiger partial charge on any atom is 0.336 e. The third-order valence-corrected chi connectivity index (χ3v) is 4.45. The molecule has 0 bridgehead atoms. The van der Waals surface area contributed by atoms with E-state index in [2.05, 4.69) is 0 Å². The average molecular weight is 281 g/mol. The predicted molar refractivity (Wildman–Crippen MR) is 75.5 cm³/mol. The van der Waals surface area contributed by atoms with Gasteiger partial charge in [0.2, 0.25) is 0 Å². The minimum Gasteiger partial charge on any atom is -0.433 e. The number of para-hydroxylation sites is 1. The second-order valence-corrected chi connectivity index (χ2v) is 7.31. The summed E-state index contributed by atoms with van der Waals surface area (Å²) in [5, 5.41) is 0. The Labute approximate surface area is 112 Å². The van der Waals surface area contributed by atoms with Gasteiger partial charge in [-0.1, -0.05) is 48.5 Å². The highest BCUT2D eigenvalue weighted by Crippen LogP contribution is 2.52. The lowest BCUT2D eigenvalue weighted by Gasteiger charge is -2.12. The molecule has 2 aromatic carbocycles. The van der Waals surface area contributed by atoms with Gasteiger partial charge in [0.1, 0.15) is 5.75 Å². The molecule has 18 heavy (non-hydrogen) atoms. The maximum absolute atomic E-state index is 12.1. The predicted octanol–water partition coefficient (Wildman–Crippen LogP) is 4.74. The Kier molecular flexibility index (Phi) is 4.46. The van der Waals surface area contributed by atoms with Gasteiger partial charge in [-0.15, -0.1) is 0 Å². The number of benzene rings is 2. The highest BCUT2D eigenvalue weighted by atomic mass is 35.7. The van der Waals surface area contributed by atoms with E-state index in [1.165, 1.54) is 0 Å². The van der Waals surface area contributed by atoms with Crippen LogP contribution in [0, 0.1) is 0 Å². The highest BCUT2D eigenvalue weighted by molar-refractivity contribution is 7.85. The van der Waals surface area contributed by atoms with Crippen LogP contribution >= 0.6 is 18.0 Å². The highest BCUT2D eigenvalue weighted by Gasteiger charge is 2.20. The normalized spacial score (nSPS) is 13.8. The zero-order valence-electron chi connectivity index (χ0n) is 9.83. The molecule has 2 nitrogen and oxygen atoms in total. The fourth-order valence-electron chi connectivity index (χ4n) is 1.59. The van der Waals surface area contributed by atoms with Gasteiger partial charge in [0.05, 0.1) is 6.16 Å². The largest absolute Gasteiger partial charge is 0.433 e. The molecule has 0 radical (unpaired) electrons. The first-order valence-electron chi connectivity index (χ1n) is 5.73. The molecule has 2 rings (SSSR count). The molecular formula is C14H14ClO2P. The van der Waals surface area contributed by atoms with Crippen LogP contribution in [0.2, 0.25) is 0 Å². The van der Waals surface area contributed by atoms with Crippen molar-refractivity contribution in [2.75, 3.05) is 6.16 Å². The van der Waals surface area contributed by atoms with Crippen molar-refractivity contribution in [2.45, 2.75) is 6.42 Å². The van der Waals surface area contributed by atoms with E-state index in [1.807, 2.05) is 48.5 Å². The molecule has 0 aliphatic carbocycles. The minimum absolute atomic E-state index is 0.327. The van der Waals surface area contributed by atoms with E-state index in [-0.39, 0.29) is 0 Å². The van der Waals surface area contributed by atoms with Crippen LogP contribution in [-0.2, 0) is 11.0 Å². The summed E-state index contributed by atoms with van der Waals surface area (Å²) in [6, 6.07) is 18.8. The van der Waals surface area contributed by atoms with Gasteiger partial charge in [-0.25, -0.2) is 0 Å². The molecule has 4 heteroatoms. The van der Waals surface area contributed by atoms with Gasteiger partial charge in [0, 0.05) is 0 Å². The number of hydrogen-bond donors (Lipinski definition) is 0. The van der Waals surface area contributed by atoms with Crippen molar-refractivity contribution in [3.05, 3.63) is 66.2 Å². The van der Waals surface area contributed by atoms with Crippen molar-refractivity contribution >= 4 is 18.0 Å². The van der Waals surface area contributed by atoms with Crippen LogP contribution < -0.4 is 4.52 Å². The van der Waals surface area contributed by atoms with Crippen molar-refractivity contribution in [3.63, 3.8) is 0 Å². The lowest BCUT2D eigenvalue weighted by Crippen LogP contribution is -1.96. The molecule has 0 saturated carbocycles. The van der Waals surface area contributed by atoms with Gasteiger partial charge < -0.3 is 4.52 Å². The summed E-state index contributed by atoms with van der Waals surface area (Å²) in [5.41, 5.74) is 1.11. The molecule has 0 amide bonds. The molecule has 0 unspecified atom stereocenters. The fourth-order valence-corrected chi connectivity index (χ4v) is 3.14. The van der Waals surface area contributed by atoms with Gasteiger partial charge in [-0.3, -0.25) is 4.57 Å². The van der Waals surface area contributed by atoms with Crippen LogP contribution in [0.3, 0.4) is 0 Å². The SMILES string of the molecule is O=[P@](Cl)(CCc1ccccc1)Oc1ccccc1. The summed E-state index contributed by atoms with van der Waals surface area (Å²) < 4.78 is 17.4. The molecular weight excluding hydrogens is 267 g/mol. The summed E-state index contributed by atoms with van der Waals surface area (Å²) in [4.78, 5) is 0. The molecule has 0 heterocycles. The van der Waals surface area contributed by atoms with E-state index in [1.54, 1.807) is 12.1 Å². The Bertz CT molecular complexity index is 528. The molecule has 0 aromatic heterocycles. The number of halogens is 1. The summed E-state index contributed by atoms with van der Waals surface area (Å²) >= 11 is 5.95. The first-order chi connectivity index (χ1) is 8.66. The Morgan fingerprint density at radius 3 is 2.11 bits per heavy atom. The van der Waals surface area contributed by atoms with E-state index < -0.39 is 6.72 Å². The molecule has 2 aromatic rings. The Balaban J connectivity index is 1.94. The van der Waals surface area contributed by atoms with Gasteiger partial charge in [-0.2, -0.15) is 0 Å². The molecule has 0 fully saturated rings. The van der Waals surface area contributed by atoms with Crippen molar-refractivity contribution in [1.29, 1.82) is 0 Å². The lowest BCUT2D eigenvalue weighted by molar-refractivity contribution is 0.497. The molecule has 0 saturated heterocycles. The lowest BCUT2D eigenvalue weighted by atomic mass is 10.2. The fraction of sp³-hybridized carbons (Fsp3) is 0.143. The molecule has 0 spiro atoms. The maximum atomic E-state index is 12.1. The van der Waals surface area contributed by atoms with E-state index in [9.17, 15) is 4.57 Å². The van der Waals surface area contributed by atoms with Gasteiger partial charge in [-0.05, 0) is 35.4 Å². The standard InChI is InChI=1S/C14H14ClO2P/c15-18(16,17-14-9-5-2-6-10-14)12-11-13-7-3-1-4-8-13/h1-10H,11-12H2/t18-/m1/s1. The van der Waals surface area contributed by atoms with E-state index in [4.69, 9.17) is 15.8 Å². The van der Waals surface area contributed by atoms with Gasteiger partial charge >= 0.3 is 6.72 Å². The smallest absolute Gasteiger partial charge is 0.336 e. The number of hydrogen-bond acceptors (Lipinski definition) is 2. The van der Waals surface area contributed by atoms with Crippen molar-refractivity contribution in [2.24, 2.45) is 0 Å². The second kappa shape index (κ2) is 6.08. The van der Waals surface area contributed by atoms with Crippen molar-refractivity contribution in [1.82, 2.24) is 0 Å². The first kappa shape index (κ1) is 13.2. The van der Waals surface area contributed by atoms with Crippen LogP contribution in [0.1, 0.15) is 5.56 Å². The topological polar surface area (TPSA) is 26.3 Å². The second-order valence-electron chi connectivity index (χ2n) is 3.95. The van der Waals surface area contributed by atoms with Gasteiger partial charge in [0.25, 0.3) is 0 Å². The first-order valence-corrected chi connectivity index (χ1v) is 8.44. The van der Waals surface area contributed by atoms with E-state index >= 15 is 0 Å². The van der Waals surface area contributed by atoms with Crippen LogP contribution in [0.25, 0.3) is 0 Å². The summed E-state index contributed by atoms with van der Waals surface area (Å²) in [6.45, 7) is -3.11. The third kappa shape index (κ3) is 4.21. The minimum atomic E-state index is -3.11. The number of rotatable bonds is 5. The van der Waals surface area contributed by atoms with E-state index in [0.717, 1.165) is 5.56 Å². The van der Waals surface area contributed by atoms with E-state index in [0.29, 0.717) is 18.3 Å². The Morgan fingerprint density at radius 1 is 0.944 bits per heavy atom. The van der Waals surface area contributed by atoms with Crippen molar-refractivity contribution < 1.29 is 9.09 Å². The average Bonchev–Trinajstić information content (AvgIpc) is 2.38. The Morgan fingerprint density at radius 2 is 1.50 bits per heavy atom. The quantitative estimate of drug-likeness (QED) is 0.740. The van der Waals surface area contributed by atoms with Crippen LogP contribution in [0.15, 0.2) is 60.7 Å².